The summed E-state index contributed by atoms with van der Waals surface area (Å²) in [6.07, 6.45) is 2.54. The Morgan fingerprint density at radius 1 is 1.43 bits per heavy atom. The van der Waals surface area contributed by atoms with Gasteiger partial charge in [-0.1, -0.05) is 19.9 Å². The number of thiazole rings is 1. The fourth-order valence-electron chi connectivity index (χ4n) is 2.39. The average Bonchev–Trinajstić information content (AvgIpc) is 3.03. The lowest BCUT2D eigenvalue weighted by Crippen LogP contribution is -2.22. The van der Waals surface area contributed by atoms with Gasteiger partial charge in [0.05, 0.1) is 21.4 Å². The molecule has 0 spiro atoms. The number of nitrogens with zero attached hydrogens (tertiary/aromatic N) is 3. The van der Waals surface area contributed by atoms with Crippen LogP contribution in [0.3, 0.4) is 0 Å². The molecule has 1 aromatic carbocycles. The fraction of sp³-hybridized carbons (Fsp3) is 0.267. The molecule has 0 aliphatic carbocycles. The highest BCUT2D eigenvalue weighted by molar-refractivity contribution is 7.13. The maximum atomic E-state index is 11.7. The van der Waals surface area contributed by atoms with E-state index in [-0.39, 0.29) is 0 Å². The molecule has 2 aromatic heterocycles. The molecule has 0 bridgehead atoms. The minimum atomic E-state index is -0.487. The van der Waals surface area contributed by atoms with Gasteiger partial charge < -0.3 is 5.73 Å². The number of rotatable bonds is 3. The normalized spacial score (nSPS) is 11.4. The number of amides is 1. The van der Waals surface area contributed by atoms with Crippen LogP contribution in [0.5, 0.6) is 0 Å². The zero-order chi connectivity index (χ0) is 15.0. The van der Waals surface area contributed by atoms with Crippen molar-refractivity contribution in [3.8, 4) is 10.4 Å². The molecule has 0 atom stereocenters. The second kappa shape index (κ2) is 5.29. The van der Waals surface area contributed by atoms with E-state index in [1.165, 1.54) is 4.57 Å². The first kappa shape index (κ1) is 13.8. The molecule has 0 aliphatic heterocycles. The van der Waals surface area contributed by atoms with E-state index < -0.39 is 6.03 Å². The molecule has 5 nitrogen and oxygen atoms in total. The van der Waals surface area contributed by atoms with E-state index in [0.717, 1.165) is 21.5 Å². The molecule has 0 aliphatic rings. The molecule has 0 unspecified atom stereocenters. The molecule has 3 rings (SSSR count). The number of hydrogen-bond donors (Lipinski definition) is 1. The molecule has 21 heavy (non-hydrogen) atoms. The van der Waals surface area contributed by atoms with Gasteiger partial charge in [0.25, 0.3) is 0 Å². The van der Waals surface area contributed by atoms with Gasteiger partial charge in [-0.2, -0.15) is 0 Å². The van der Waals surface area contributed by atoms with Crippen molar-refractivity contribution in [3.63, 3.8) is 0 Å². The third-order valence-electron chi connectivity index (χ3n) is 3.25. The van der Waals surface area contributed by atoms with Crippen molar-refractivity contribution in [1.29, 1.82) is 0 Å². The zero-order valence-corrected chi connectivity index (χ0v) is 12.7. The molecule has 108 valence electrons. The van der Waals surface area contributed by atoms with Crippen LogP contribution in [0.4, 0.5) is 4.79 Å². The van der Waals surface area contributed by atoms with E-state index in [2.05, 4.69) is 23.8 Å². The molecule has 6 heteroatoms. The van der Waals surface area contributed by atoms with Crippen LogP contribution < -0.4 is 5.73 Å². The second-order valence-corrected chi connectivity index (χ2v) is 6.26. The average molecular weight is 300 g/mol. The van der Waals surface area contributed by atoms with Crippen LogP contribution in [0.2, 0.25) is 0 Å². The van der Waals surface area contributed by atoms with Gasteiger partial charge in [0.15, 0.2) is 0 Å². The van der Waals surface area contributed by atoms with Crippen LogP contribution in [-0.2, 0) is 6.42 Å². The van der Waals surface area contributed by atoms with E-state index in [0.29, 0.717) is 18.2 Å². The number of primary amides is 1. The summed E-state index contributed by atoms with van der Waals surface area (Å²) in [5.41, 5.74) is 9.90. The van der Waals surface area contributed by atoms with Crippen molar-refractivity contribution < 1.29 is 4.79 Å². The quantitative estimate of drug-likeness (QED) is 0.806. The van der Waals surface area contributed by atoms with E-state index in [1.807, 2.05) is 24.4 Å². The summed E-state index contributed by atoms with van der Waals surface area (Å²) in [4.78, 5) is 21.5. The predicted molar refractivity (Wildman–Crippen MR) is 84.4 cm³/mol. The maximum absolute atomic E-state index is 11.7. The lowest BCUT2D eigenvalue weighted by molar-refractivity contribution is 0.250. The summed E-state index contributed by atoms with van der Waals surface area (Å²) in [5.74, 6) is 1.12. The third kappa shape index (κ3) is 2.54. The SMILES string of the molecule is CC(C)Cc1nc2cc(-c3cncs3)ccc2n1C(N)=O. The predicted octanol–water partition coefficient (Wildman–Crippen LogP) is 3.29. The topological polar surface area (TPSA) is 73.8 Å². The smallest absolute Gasteiger partial charge is 0.324 e. The zero-order valence-electron chi connectivity index (χ0n) is 11.9. The molecular weight excluding hydrogens is 284 g/mol. The van der Waals surface area contributed by atoms with Gasteiger partial charge in [0.2, 0.25) is 0 Å². The van der Waals surface area contributed by atoms with Gasteiger partial charge in [-0.15, -0.1) is 11.3 Å². The summed E-state index contributed by atoms with van der Waals surface area (Å²) in [5, 5.41) is 0. The number of carbonyl (C=O) groups excluding carboxylic acids is 1. The monoisotopic (exact) mass is 300 g/mol. The van der Waals surface area contributed by atoms with E-state index in [1.54, 1.807) is 16.8 Å². The van der Waals surface area contributed by atoms with E-state index in [4.69, 9.17) is 5.73 Å². The largest absolute Gasteiger partial charge is 0.351 e. The Balaban J connectivity index is 2.16. The van der Waals surface area contributed by atoms with Crippen LogP contribution in [0, 0.1) is 5.92 Å². The van der Waals surface area contributed by atoms with Gasteiger partial charge in [0, 0.05) is 12.6 Å². The highest BCUT2D eigenvalue weighted by Crippen LogP contribution is 2.27. The van der Waals surface area contributed by atoms with Crippen molar-refractivity contribution in [2.75, 3.05) is 0 Å². The Labute approximate surface area is 126 Å². The highest BCUT2D eigenvalue weighted by Gasteiger charge is 2.16. The lowest BCUT2D eigenvalue weighted by atomic mass is 10.1. The van der Waals surface area contributed by atoms with Crippen molar-refractivity contribution in [2.24, 2.45) is 11.7 Å². The standard InChI is InChI=1S/C15H16N4OS/c1-9(2)5-14-18-11-6-10(13-7-17-8-21-13)3-4-12(11)19(14)15(16)20/h3-4,6-9H,5H2,1-2H3,(H2,16,20). The molecule has 1 amide bonds. The number of imidazole rings is 1. The van der Waals surface area contributed by atoms with E-state index in [9.17, 15) is 4.79 Å². The van der Waals surface area contributed by atoms with Gasteiger partial charge in [-0.3, -0.25) is 4.98 Å². The Bertz CT molecular complexity index is 789. The van der Waals surface area contributed by atoms with Crippen LogP contribution in [0.25, 0.3) is 21.5 Å². The lowest BCUT2D eigenvalue weighted by Gasteiger charge is -2.06. The summed E-state index contributed by atoms with van der Waals surface area (Å²) < 4.78 is 1.51. The first-order valence-electron chi connectivity index (χ1n) is 6.76. The van der Waals surface area contributed by atoms with Crippen molar-refractivity contribution in [3.05, 3.63) is 35.7 Å². The molecule has 2 N–H and O–H groups in total. The molecule has 0 saturated heterocycles. The van der Waals surface area contributed by atoms with Gasteiger partial charge >= 0.3 is 6.03 Å². The summed E-state index contributed by atoms with van der Waals surface area (Å²) in [7, 11) is 0. The number of aromatic nitrogens is 3. The molecule has 0 saturated carbocycles. The Kier molecular flexibility index (Phi) is 3.47. The minimum absolute atomic E-state index is 0.404. The number of fused-ring (bicyclic) bond motifs is 1. The summed E-state index contributed by atoms with van der Waals surface area (Å²) in [6, 6.07) is 5.35. The number of carbonyl (C=O) groups is 1. The van der Waals surface area contributed by atoms with Gasteiger partial charge in [-0.05, 0) is 23.6 Å². The van der Waals surface area contributed by atoms with Crippen molar-refractivity contribution in [2.45, 2.75) is 20.3 Å². The molecule has 0 radical (unpaired) electrons. The number of benzene rings is 1. The first-order chi connectivity index (χ1) is 10.1. The minimum Gasteiger partial charge on any atom is -0.351 e. The van der Waals surface area contributed by atoms with E-state index >= 15 is 0 Å². The van der Waals surface area contributed by atoms with Crippen LogP contribution in [-0.4, -0.2) is 20.6 Å². The van der Waals surface area contributed by atoms with Crippen molar-refractivity contribution in [1.82, 2.24) is 14.5 Å². The van der Waals surface area contributed by atoms with Gasteiger partial charge in [-0.25, -0.2) is 14.3 Å². The van der Waals surface area contributed by atoms with Crippen LogP contribution in [0.1, 0.15) is 19.7 Å². The molecule has 0 fully saturated rings. The fourth-order valence-corrected chi connectivity index (χ4v) is 3.01. The Morgan fingerprint density at radius 3 is 2.86 bits per heavy atom. The number of hydrogen-bond acceptors (Lipinski definition) is 4. The van der Waals surface area contributed by atoms with Crippen LogP contribution >= 0.6 is 11.3 Å². The molecule has 3 aromatic rings. The summed E-state index contributed by atoms with van der Waals surface area (Å²) in [6.45, 7) is 4.18. The van der Waals surface area contributed by atoms with Crippen molar-refractivity contribution >= 4 is 28.4 Å². The van der Waals surface area contributed by atoms with Crippen LogP contribution in [0.15, 0.2) is 29.9 Å². The molecule has 2 heterocycles. The van der Waals surface area contributed by atoms with Gasteiger partial charge in [0.1, 0.15) is 5.82 Å². The third-order valence-corrected chi connectivity index (χ3v) is 4.07. The first-order valence-corrected chi connectivity index (χ1v) is 7.64. The molecular formula is C15H16N4OS. The summed E-state index contributed by atoms with van der Waals surface area (Å²) >= 11 is 1.58. The second-order valence-electron chi connectivity index (χ2n) is 5.37. The Hall–Kier alpha value is -2.21. The Morgan fingerprint density at radius 2 is 2.24 bits per heavy atom. The highest BCUT2D eigenvalue weighted by atomic mass is 32.1. The maximum Gasteiger partial charge on any atom is 0.324 e. The number of nitrogens with two attached hydrogens (primary N) is 1.